The molecule has 3 N–H and O–H groups in total. The van der Waals surface area contributed by atoms with Gasteiger partial charge in [0.1, 0.15) is 0 Å². The molecule has 0 aromatic heterocycles. The summed E-state index contributed by atoms with van der Waals surface area (Å²) in [4.78, 5) is 2.31. The molecule has 1 aromatic carbocycles. The van der Waals surface area contributed by atoms with Gasteiger partial charge in [-0.2, -0.15) is 5.26 Å². The molecular weight excluding hydrogens is 224 g/mol. The Morgan fingerprint density at radius 1 is 1.50 bits per heavy atom. The van der Waals surface area contributed by atoms with Gasteiger partial charge in [-0.15, -0.1) is 0 Å². The highest BCUT2D eigenvalue weighted by atomic mass is 15.1. The Morgan fingerprint density at radius 3 is 2.78 bits per heavy atom. The molecule has 1 rings (SSSR count). The molecule has 0 aliphatic rings. The number of nitriles is 1. The summed E-state index contributed by atoms with van der Waals surface area (Å²) >= 11 is 0. The van der Waals surface area contributed by atoms with E-state index in [0.717, 1.165) is 25.2 Å². The van der Waals surface area contributed by atoms with Crippen molar-refractivity contribution in [3.05, 3.63) is 23.8 Å². The van der Waals surface area contributed by atoms with E-state index >= 15 is 0 Å². The molecular formula is C14H22N4. The standard InChI is InChI=1S/C14H22N4/c1-4-11(2)18(3)8-7-17-14-6-5-12(10-15)9-13(14)16/h5-6,9,11,17H,4,7-8,16H2,1-3H3. The number of nitrogens with one attached hydrogen (secondary N) is 1. The molecule has 0 aliphatic carbocycles. The van der Waals surface area contributed by atoms with Crippen LogP contribution in [-0.2, 0) is 0 Å². The monoisotopic (exact) mass is 246 g/mol. The maximum Gasteiger partial charge on any atom is 0.0992 e. The quantitative estimate of drug-likeness (QED) is 0.756. The van der Waals surface area contributed by atoms with E-state index in [9.17, 15) is 0 Å². The minimum absolute atomic E-state index is 0.588. The summed E-state index contributed by atoms with van der Waals surface area (Å²) in [5.41, 5.74) is 7.99. The molecule has 1 aromatic rings. The molecule has 0 fully saturated rings. The Hall–Kier alpha value is -1.73. The van der Waals surface area contributed by atoms with Gasteiger partial charge in [0.05, 0.1) is 23.0 Å². The molecule has 1 atom stereocenters. The summed E-state index contributed by atoms with van der Waals surface area (Å²) in [6.07, 6.45) is 1.15. The van der Waals surface area contributed by atoms with E-state index in [1.165, 1.54) is 0 Å². The van der Waals surface area contributed by atoms with Crippen LogP contribution in [0.25, 0.3) is 0 Å². The lowest BCUT2D eigenvalue weighted by molar-refractivity contribution is 0.261. The SMILES string of the molecule is CCC(C)N(C)CCNc1ccc(C#N)cc1N. The van der Waals surface area contributed by atoms with Crippen molar-refractivity contribution in [1.29, 1.82) is 5.26 Å². The molecule has 0 aliphatic heterocycles. The number of anilines is 2. The van der Waals surface area contributed by atoms with Crippen LogP contribution in [0.3, 0.4) is 0 Å². The second-order valence-electron chi connectivity index (χ2n) is 4.58. The van der Waals surface area contributed by atoms with Gasteiger partial charge in [0, 0.05) is 19.1 Å². The van der Waals surface area contributed by atoms with Crippen LogP contribution in [0.15, 0.2) is 18.2 Å². The van der Waals surface area contributed by atoms with Crippen molar-refractivity contribution in [2.45, 2.75) is 26.3 Å². The fourth-order valence-corrected chi connectivity index (χ4v) is 1.69. The van der Waals surface area contributed by atoms with Crippen molar-refractivity contribution in [2.75, 3.05) is 31.2 Å². The van der Waals surface area contributed by atoms with Gasteiger partial charge >= 0.3 is 0 Å². The largest absolute Gasteiger partial charge is 0.397 e. The van der Waals surface area contributed by atoms with E-state index in [0.29, 0.717) is 17.3 Å². The van der Waals surface area contributed by atoms with Gasteiger partial charge < -0.3 is 16.0 Å². The number of rotatable bonds is 6. The molecule has 18 heavy (non-hydrogen) atoms. The molecule has 0 heterocycles. The molecule has 1 unspecified atom stereocenters. The highest BCUT2D eigenvalue weighted by Crippen LogP contribution is 2.19. The van der Waals surface area contributed by atoms with Crippen LogP contribution >= 0.6 is 0 Å². The summed E-state index contributed by atoms with van der Waals surface area (Å²) in [6, 6.07) is 7.99. The zero-order chi connectivity index (χ0) is 13.5. The third kappa shape index (κ3) is 3.94. The fourth-order valence-electron chi connectivity index (χ4n) is 1.69. The van der Waals surface area contributed by atoms with Gasteiger partial charge in [-0.25, -0.2) is 0 Å². The molecule has 0 spiro atoms. The van der Waals surface area contributed by atoms with E-state index in [1.54, 1.807) is 12.1 Å². The average molecular weight is 246 g/mol. The molecule has 0 saturated carbocycles. The molecule has 4 heteroatoms. The zero-order valence-electron chi connectivity index (χ0n) is 11.4. The predicted octanol–water partition coefficient (Wildman–Crippen LogP) is 2.28. The summed E-state index contributed by atoms with van der Waals surface area (Å²) in [6.45, 7) is 6.22. The minimum atomic E-state index is 0.588. The maximum absolute atomic E-state index is 8.76. The summed E-state index contributed by atoms with van der Waals surface area (Å²) in [7, 11) is 2.12. The number of benzene rings is 1. The van der Waals surface area contributed by atoms with Gasteiger partial charge in [0.15, 0.2) is 0 Å². The molecule has 0 saturated heterocycles. The predicted molar refractivity (Wildman–Crippen MR) is 76.4 cm³/mol. The van der Waals surface area contributed by atoms with Crippen LogP contribution in [0.5, 0.6) is 0 Å². The van der Waals surface area contributed by atoms with Crippen LogP contribution in [0, 0.1) is 11.3 Å². The van der Waals surface area contributed by atoms with E-state index in [2.05, 4.69) is 37.2 Å². The lowest BCUT2D eigenvalue weighted by atomic mass is 10.2. The minimum Gasteiger partial charge on any atom is -0.397 e. The smallest absolute Gasteiger partial charge is 0.0992 e. The lowest BCUT2D eigenvalue weighted by Gasteiger charge is -2.23. The molecule has 4 nitrogen and oxygen atoms in total. The number of nitrogen functional groups attached to an aromatic ring is 1. The van der Waals surface area contributed by atoms with Crippen molar-refractivity contribution >= 4 is 11.4 Å². The fraction of sp³-hybridized carbons (Fsp3) is 0.500. The van der Waals surface area contributed by atoms with Gasteiger partial charge in [-0.1, -0.05) is 6.92 Å². The maximum atomic E-state index is 8.76. The number of nitrogens with two attached hydrogens (primary N) is 1. The van der Waals surface area contributed by atoms with Crippen molar-refractivity contribution in [3.63, 3.8) is 0 Å². The van der Waals surface area contributed by atoms with Crippen LogP contribution in [0.4, 0.5) is 11.4 Å². The molecule has 98 valence electrons. The first kappa shape index (κ1) is 14.3. The second-order valence-corrected chi connectivity index (χ2v) is 4.58. The Balaban J connectivity index is 2.47. The third-order valence-electron chi connectivity index (χ3n) is 3.30. The number of likely N-dealkylation sites (N-methyl/N-ethyl adjacent to an activating group) is 1. The second kappa shape index (κ2) is 6.87. The van der Waals surface area contributed by atoms with Gasteiger partial charge in [0.25, 0.3) is 0 Å². The lowest BCUT2D eigenvalue weighted by Crippen LogP contribution is -2.32. The number of hydrogen-bond donors (Lipinski definition) is 2. The summed E-state index contributed by atoms with van der Waals surface area (Å²) in [5.74, 6) is 0. The number of hydrogen-bond acceptors (Lipinski definition) is 4. The van der Waals surface area contributed by atoms with Gasteiger partial charge in [0.2, 0.25) is 0 Å². The summed E-state index contributed by atoms with van der Waals surface area (Å²) in [5, 5.41) is 12.1. The number of nitrogens with zero attached hydrogens (tertiary/aromatic N) is 2. The van der Waals surface area contributed by atoms with Crippen LogP contribution in [-0.4, -0.2) is 31.1 Å². The van der Waals surface area contributed by atoms with E-state index in [4.69, 9.17) is 11.0 Å². The third-order valence-corrected chi connectivity index (χ3v) is 3.30. The van der Waals surface area contributed by atoms with Crippen LogP contribution < -0.4 is 11.1 Å². The normalized spacial score (nSPS) is 12.2. The Morgan fingerprint density at radius 2 is 2.22 bits per heavy atom. The van der Waals surface area contributed by atoms with Gasteiger partial charge in [-0.3, -0.25) is 0 Å². The highest BCUT2D eigenvalue weighted by Gasteiger charge is 2.06. The Kier molecular flexibility index (Phi) is 5.47. The Bertz CT molecular complexity index is 422. The van der Waals surface area contributed by atoms with Crippen molar-refractivity contribution in [1.82, 2.24) is 4.90 Å². The first-order valence-electron chi connectivity index (χ1n) is 6.32. The average Bonchev–Trinajstić information content (AvgIpc) is 2.39. The topological polar surface area (TPSA) is 65.1 Å². The highest BCUT2D eigenvalue weighted by molar-refractivity contribution is 5.68. The first-order valence-corrected chi connectivity index (χ1v) is 6.32. The molecule has 0 amide bonds. The molecule has 0 radical (unpaired) electrons. The van der Waals surface area contributed by atoms with Crippen LogP contribution in [0.1, 0.15) is 25.8 Å². The van der Waals surface area contributed by atoms with E-state index < -0.39 is 0 Å². The van der Waals surface area contributed by atoms with Crippen molar-refractivity contribution < 1.29 is 0 Å². The van der Waals surface area contributed by atoms with E-state index in [-0.39, 0.29) is 0 Å². The van der Waals surface area contributed by atoms with Crippen molar-refractivity contribution in [2.24, 2.45) is 0 Å². The van der Waals surface area contributed by atoms with Gasteiger partial charge in [-0.05, 0) is 38.6 Å². The van der Waals surface area contributed by atoms with Crippen molar-refractivity contribution in [3.8, 4) is 6.07 Å². The Labute approximate surface area is 109 Å². The first-order chi connectivity index (χ1) is 8.58. The molecule has 0 bridgehead atoms. The van der Waals surface area contributed by atoms with Crippen LogP contribution in [0.2, 0.25) is 0 Å². The van der Waals surface area contributed by atoms with E-state index in [1.807, 2.05) is 6.07 Å². The summed E-state index contributed by atoms with van der Waals surface area (Å²) < 4.78 is 0. The zero-order valence-corrected chi connectivity index (χ0v) is 11.4.